The third kappa shape index (κ3) is 4.19. The molecule has 0 fully saturated rings. The molecule has 0 bridgehead atoms. The molecule has 0 saturated carbocycles. The highest BCUT2D eigenvalue weighted by molar-refractivity contribution is 7.08. The Kier molecular flexibility index (Phi) is 5.35. The molecule has 1 N–H and O–H groups in total. The molecule has 2 heterocycles. The van der Waals surface area contributed by atoms with E-state index in [1.807, 2.05) is 28.4 Å². The first-order chi connectivity index (χ1) is 12.2. The second kappa shape index (κ2) is 7.85. The molecule has 0 spiro atoms. The van der Waals surface area contributed by atoms with Crippen LogP contribution in [0.1, 0.15) is 10.4 Å². The molecule has 2 aromatic heterocycles. The van der Waals surface area contributed by atoms with E-state index < -0.39 is 0 Å². The highest BCUT2D eigenvalue weighted by Gasteiger charge is 2.10. The average Bonchev–Trinajstić information content (AvgIpc) is 3.32. The molecule has 1 aromatic carbocycles. The van der Waals surface area contributed by atoms with E-state index in [0.29, 0.717) is 30.2 Å². The van der Waals surface area contributed by atoms with Gasteiger partial charge in [-0.05, 0) is 29.6 Å². The first-order valence-corrected chi connectivity index (χ1v) is 8.71. The monoisotopic (exact) mass is 357 g/mol. The van der Waals surface area contributed by atoms with Crippen molar-refractivity contribution in [1.82, 2.24) is 15.1 Å². The molecule has 3 rings (SSSR count). The fourth-order valence-corrected chi connectivity index (χ4v) is 3.02. The molecular weight excluding hydrogens is 338 g/mol. The number of nitrogens with zero attached hydrogens (tertiary/aromatic N) is 2. The van der Waals surface area contributed by atoms with Crippen molar-refractivity contribution in [3.63, 3.8) is 0 Å². The highest BCUT2D eigenvalue weighted by Crippen LogP contribution is 2.22. The fourth-order valence-electron chi connectivity index (χ4n) is 2.37. The van der Waals surface area contributed by atoms with Gasteiger partial charge >= 0.3 is 0 Å². The summed E-state index contributed by atoms with van der Waals surface area (Å²) in [4.78, 5) is 12.3. The van der Waals surface area contributed by atoms with Crippen LogP contribution in [0, 0.1) is 0 Å². The van der Waals surface area contributed by atoms with E-state index in [4.69, 9.17) is 9.47 Å². The van der Waals surface area contributed by atoms with Gasteiger partial charge in [-0.2, -0.15) is 16.4 Å². The molecule has 0 saturated heterocycles. The Labute approximate surface area is 150 Å². The van der Waals surface area contributed by atoms with Gasteiger partial charge in [0.2, 0.25) is 0 Å². The molecule has 0 unspecified atom stereocenters. The fraction of sp³-hybridized carbons (Fsp3) is 0.222. The lowest BCUT2D eigenvalue weighted by atomic mass is 10.2. The Hall–Kier alpha value is -2.80. The predicted octanol–water partition coefficient (Wildman–Crippen LogP) is 3.06. The second-order valence-corrected chi connectivity index (χ2v) is 6.11. The zero-order valence-corrected chi connectivity index (χ0v) is 14.9. The summed E-state index contributed by atoms with van der Waals surface area (Å²) in [7, 11) is 3.11. The zero-order chi connectivity index (χ0) is 17.6. The van der Waals surface area contributed by atoms with E-state index in [1.165, 1.54) is 0 Å². The van der Waals surface area contributed by atoms with Gasteiger partial charge in [0.05, 0.1) is 26.5 Å². The molecule has 0 aliphatic rings. The molecule has 6 nitrogen and oxygen atoms in total. The number of thiophene rings is 1. The van der Waals surface area contributed by atoms with E-state index in [2.05, 4.69) is 15.8 Å². The normalized spacial score (nSPS) is 10.5. The molecule has 0 aliphatic heterocycles. The molecule has 0 radical (unpaired) electrons. The number of hydrogen-bond donors (Lipinski definition) is 1. The lowest BCUT2D eigenvalue weighted by Crippen LogP contribution is -2.27. The van der Waals surface area contributed by atoms with Crippen molar-refractivity contribution in [2.24, 2.45) is 0 Å². The minimum Gasteiger partial charge on any atom is -0.497 e. The van der Waals surface area contributed by atoms with Crippen LogP contribution in [0.2, 0.25) is 0 Å². The number of benzene rings is 1. The van der Waals surface area contributed by atoms with E-state index in [9.17, 15) is 4.79 Å². The Morgan fingerprint density at radius 1 is 1.20 bits per heavy atom. The third-order valence-electron chi connectivity index (χ3n) is 3.70. The molecular formula is C18H19N3O3S. The van der Waals surface area contributed by atoms with Crippen molar-refractivity contribution in [3.8, 4) is 22.8 Å². The number of ether oxygens (including phenoxy) is 2. The first-order valence-electron chi connectivity index (χ1n) is 7.77. The van der Waals surface area contributed by atoms with Crippen LogP contribution >= 0.6 is 11.3 Å². The molecule has 1 amide bonds. The maximum Gasteiger partial charge on any atom is 0.251 e. The molecule has 25 heavy (non-hydrogen) atoms. The van der Waals surface area contributed by atoms with Crippen LogP contribution in [0.15, 0.2) is 47.3 Å². The summed E-state index contributed by atoms with van der Waals surface area (Å²) >= 11 is 1.64. The van der Waals surface area contributed by atoms with Crippen molar-refractivity contribution < 1.29 is 14.3 Å². The summed E-state index contributed by atoms with van der Waals surface area (Å²) in [5, 5.41) is 11.5. The minimum absolute atomic E-state index is 0.178. The first kappa shape index (κ1) is 17.0. The van der Waals surface area contributed by atoms with Crippen molar-refractivity contribution >= 4 is 17.2 Å². The maximum absolute atomic E-state index is 12.3. The predicted molar refractivity (Wildman–Crippen MR) is 97.4 cm³/mol. The highest BCUT2D eigenvalue weighted by atomic mass is 32.1. The van der Waals surface area contributed by atoms with E-state index in [0.717, 1.165) is 11.3 Å². The van der Waals surface area contributed by atoms with Gasteiger partial charge in [-0.25, -0.2) is 0 Å². The van der Waals surface area contributed by atoms with Crippen LogP contribution in [-0.2, 0) is 6.54 Å². The second-order valence-electron chi connectivity index (χ2n) is 5.33. The third-order valence-corrected chi connectivity index (χ3v) is 4.38. The maximum atomic E-state index is 12.3. The van der Waals surface area contributed by atoms with Crippen molar-refractivity contribution in [2.75, 3.05) is 20.8 Å². The van der Waals surface area contributed by atoms with E-state index in [1.54, 1.807) is 43.8 Å². The Bertz CT molecular complexity index is 821. The Morgan fingerprint density at radius 2 is 1.96 bits per heavy atom. The van der Waals surface area contributed by atoms with Gasteiger partial charge in [0.15, 0.2) is 0 Å². The number of rotatable bonds is 7. The molecule has 7 heteroatoms. The summed E-state index contributed by atoms with van der Waals surface area (Å²) in [6.07, 6.45) is 1.91. The van der Waals surface area contributed by atoms with Crippen LogP contribution in [0.3, 0.4) is 0 Å². The van der Waals surface area contributed by atoms with Gasteiger partial charge in [-0.3, -0.25) is 9.48 Å². The summed E-state index contributed by atoms with van der Waals surface area (Å²) in [5.41, 5.74) is 2.54. The van der Waals surface area contributed by atoms with Crippen molar-refractivity contribution in [2.45, 2.75) is 6.54 Å². The number of nitrogens with one attached hydrogen (secondary N) is 1. The van der Waals surface area contributed by atoms with Crippen LogP contribution in [0.5, 0.6) is 11.5 Å². The number of amides is 1. The summed E-state index contributed by atoms with van der Waals surface area (Å²) in [6.45, 7) is 1.07. The molecule has 0 aliphatic carbocycles. The molecule has 3 aromatic rings. The van der Waals surface area contributed by atoms with Crippen molar-refractivity contribution in [3.05, 3.63) is 52.9 Å². The number of aromatic nitrogens is 2. The SMILES string of the molecule is COc1cc(OC)cc(C(=O)NCCn2ccc(-c3ccsc3)n2)c1. The molecule has 0 atom stereocenters. The summed E-state index contributed by atoms with van der Waals surface area (Å²) in [5.74, 6) is 0.983. The largest absolute Gasteiger partial charge is 0.497 e. The van der Waals surface area contributed by atoms with Gasteiger partial charge in [0, 0.05) is 35.3 Å². The topological polar surface area (TPSA) is 65.4 Å². The van der Waals surface area contributed by atoms with Gasteiger partial charge in [-0.1, -0.05) is 0 Å². The van der Waals surface area contributed by atoms with Crippen LogP contribution < -0.4 is 14.8 Å². The number of hydrogen-bond acceptors (Lipinski definition) is 5. The summed E-state index contributed by atoms with van der Waals surface area (Å²) < 4.78 is 12.2. The van der Waals surface area contributed by atoms with Crippen molar-refractivity contribution in [1.29, 1.82) is 0 Å². The average molecular weight is 357 g/mol. The number of methoxy groups -OCH3 is 2. The van der Waals surface area contributed by atoms with Gasteiger partial charge in [-0.15, -0.1) is 0 Å². The van der Waals surface area contributed by atoms with Crippen LogP contribution in [0.4, 0.5) is 0 Å². The molecule has 130 valence electrons. The van der Waals surface area contributed by atoms with Gasteiger partial charge < -0.3 is 14.8 Å². The van der Waals surface area contributed by atoms with E-state index >= 15 is 0 Å². The van der Waals surface area contributed by atoms with Crippen LogP contribution in [-0.4, -0.2) is 36.5 Å². The van der Waals surface area contributed by atoms with Gasteiger partial charge in [0.1, 0.15) is 11.5 Å². The Balaban J connectivity index is 1.58. The van der Waals surface area contributed by atoms with Crippen LogP contribution in [0.25, 0.3) is 11.3 Å². The Morgan fingerprint density at radius 3 is 2.60 bits per heavy atom. The van der Waals surface area contributed by atoms with Gasteiger partial charge in [0.25, 0.3) is 5.91 Å². The smallest absolute Gasteiger partial charge is 0.251 e. The van der Waals surface area contributed by atoms with E-state index in [-0.39, 0.29) is 5.91 Å². The standard InChI is InChI=1S/C18H19N3O3S/c1-23-15-9-14(10-16(11-15)24-2)18(22)19-5-7-21-6-3-17(20-21)13-4-8-25-12-13/h3-4,6,8-12H,5,7H2,1-2H3,(H,19,22). The lowest BCUT2D eigenvalue weighted by Gasteiger charge is -2.09. The number of carbonyl (C=O) groups excluding carboxylic acids is 1. The lowest BCUT2D eigenvalue weighted by molar-refractivity contribution is 0.0951. The zero-order valence-electron chi connectivity index (χ0n) is 14.1. The number of carbonyl (C=O) groups is 1. The quantitative estimate of drug-likeness (QED) is 0.706. The minimum atomic E-state index is -0.178. The summed E-state index contributed by atoms with van der Waals surface area (Å²) in [6, 6.07) is 9.10.